The van der Waals surface area contributed by atoms with Crippen LogP contribution in [0.4, 0.5) is 4.79 Å². The molecule has 0 bridgehead atoms. The molecule has 5 nitrogen and oxygen atoms in total. The molecule has 0 radical (unpaired) electrons. The molecule has 1 atom stereocenters. The third kappa shape index (κ3) is 6.91. The summed E-state index contributed by atoms with van der Waals surface area (Å²) in [7, 11) is 0. The van der Waals surface area contributed by atoms with E-state index in [1.807, 2.05) is 24.3 Å². The van der Waals surface area contributed by atoms with Gasteiger partial charge in [-0.1, -0.05) is 18.6 Å². The van der Waals surface area contributed by atoms with Crippen LogP contribution < -0.4 is 15.4 Å². The Hall–Kier alpha value is -1.75. The molecule has 2 amide bonds. The maximum absolute atomic E-state index is 11.7. The lowest BCUT2D eigenvalue weighted by molar-refractivity contribution is 0.155. The molecule has 23 heavy (non-hydrogen) atoms. The molecular formula is C18H28N2O3. The van der Waals surface area contributed by atoms with Crippen LogP contribution in [0, 0.1) is 0 Å². The largest absolute Gasteiger partial charge is 0.490 e. The Bertz CT molecular complexity index is 485. The van der Waals surface area contributed by atoms with Crippen LogP contribution in [-0.4, -0.2) is 29.9 Å². The molecule has 1 fully saturated rings. The molecule has 1 aliphatic rings. The van der Waals surface area contributed by atoms with Crippen molar-refractivity contribution < 1.29 is 14.6 Å². The van der Waals surface area contributed by atoms with E-state index in [9.17, 15) is 4.79 Å². The van der Waals surface area contributed by atoms with Gasteiger partial charge in [-0.15, -0.1) is 0 Å². The standard InChI is InChI=1S/C18H28N2O3/c1-14(21)10-11-19-18(22)20-13-15-6-5-9-17(12-15)23-16-7-3-2-4-8-16/h5-6,9,12,14,16,21H,2-4,7-8,10-11,13H2,1H3,(H2,19,20,22). The van der Waals surface area contributed by atoms with Gasteiger partial charge in [-0.2, -0.15) is 0 Å². The Morgan fingerprint density at radius 1 is 1.30 bits per heavy atom. The fraction of sp³-hybridized carbons (Fsp3) is 0.611. The van der Waals surface area contributed by atoms with E-state index in [1.165, 1.54) is 19.3 Å². The van der Waals surface area contributed by atoms with Gasteiger partial charge in [0.05, 0.1) is 12.2 Å². The average molecular weight is 320 g/mol. The average Bonchev–Trinajstić information content (AvgIpc) is 2.54. The quantitative estimate of drug-likeness (QED) is 0.723. The van der Waals surface area contributed by atoms with Gasteiger partial charge in [0, 0.05) is 13.1 Å². The van der Waals surface area contributed by atoms with E-state index in [1.54, 1.807) is 6.92 Å². The molecule has 0 heterocycles. The van der Waals surface area contributed by atoms with Crippen molar-refractivity contribution >= 4 is 6.03 Å². The SMILES string of the molecule is CC(O)CCNC(=O)NCc1cccc(OC2CCCCC2)c1. The van der Waals surface area contributed by atoms with Gasteiger partial charge in [-0.25, -0.2) is 4.79 Å². The topological polar surface area (TPSA) is 70.6 Å². The van der Waals surface area contributed by atoms with Crippen LogP contribution in [0.1, 0.15) is 51.0 Å². The molecule has 1 aromatic carbocycles. The number of carbonyl (C=O) groups is 1. The summed E-state index contributed by atoms with van der Waals surface area (Å²) in [5.74, 6) is 0.880. The second kappa shape index (κ2) is 9.40. The van der Waals surface area contributed by atoms with Crippen molar-refractivity contribution in [3.8, 4) is 5.75 Å². The number of amides is 2. The summed E-state index contributed by atoms with van der Waals surface area (Å²) in [5.41, 5.74) is 1.02. The van der Waals surface area contributed by atoms with Crippen molar-refractivity contribution in [2.75, 3.05) is 6.54 Å². The third-order valence-corrected chi connectivity index (χ3v) is 4.05. The maximum atomic E-state index is 11.7. The lowest BCUT2D eigenvalue weighted by atomic mass is 9.98. The van der Waals surface area contributed by atoms with Gasteiger partial charge in [-0.3, -0.25) is 0 Å². The van der Waals surface area contributed by atoms with Crippen LogP contribution in [-0.2, 0) is 6.54 Å². The van der Waals surface area contributed by atoms with E-state index in [0.717, 1.165) is 24.2 Å². The van der Waals surface area contributed by atoms with Crippen LogP contribution in [0.2, 0.25) is 0 Å². The highest BCUT2D eigenvalue weighted by atomic mass is 16.5. The first-order chi connectivity index (χ1) is 11.1. The summed E-state index contributed by atoms with van der Waals surface area (Å²) in [4.78, 5) is 11.7. The summed E-state index contributed by atoms with van der Waals surface area (Å²) in [6.45, 7) is 2.63. The summed E-state index contributed by atoms with van der Waals surface area (Å²) in [5, 5.41) is 14.7. The Balaban J connectivity index is 1.74. The summed E-state index contributed by atoms with van der Waals surface area (Å²) in [6, 6.07) is 7.68. The molecule has 5 heteroatoms. The number of aliphatic hydroxyl groups is 1. The molecule has 2 rings (SSSR count). The fourth-order valence-electron chi connectivity index (χ4n) is 2.74. The van der Waals surface area contributed by atoms with Crippen LogP contribution in [0.25, 0.3) is 0 Å². The highest BCUT2D eigenvalue weighted by Gasteiger charge is 2.14. The second-order valence-electron chi connectivity index (χ2n) is 6.27. The number of hydrogen-bond donors (Lipinski definition) is 3. The van der Waals surface area contributed by atoms with E-state index in [0.29, 0.717) is 25.6 Å². The van der Waals surface area contributed by atoms with Gasteiger partial charge in [0.15, 0.2) is 0 Å². The molecule has 1 aromatic rings. The Labute approximate surface area is 138 Å². The third-order valence-electron chi connectivity index (χ3n) is 4.05. The molecule has 128 valence electrons. The number of ether oxygens (including phenoxy) is 1. The molecule has 1 unspecified atom stereocenters. The molecule has 0 aromatic heterocycles. The second-order valence-corrected chi connectivity index (χ2v) is 6.27. The highest BCUT2D eigenvalue weighted by Crippen LogP contribution is 2.23. The molecular weight excluding hydrogens is 292 g/mol. The van der Waals surface area contributed by atoms with Crippen molar-refractivity contribution in [3.05, 3.63) is 29.8 Å². The van der Waals surface area contributed by atoms with Gasteiger partial charge >= 0.3 is 6.03 Å². The number of nitrogens with one attached hydrogen (secondary N) is 2. The van der Waals surface area contributed by atoms with E-state index >= 15 is 0 Å². The summed E-state index contributed by atoms with van der Waals surface area (Å²) in [6.07, 6.45) is 6.56. The minimum atomic E-state index is -0.399. The Morgan fingerprint density at radius 3 is 2.83 bits per heavy atom. The maximum Gasteiger partial charge on any atom is 0.315 e. The van der Waals surface area contributed by atoms with Crippen molar-refractivity contribution in [3.63, 3.8) is 0 Å². The Morgan fingerprint density at radius 2 is 2.09 bits per heavy atom. The van der Waals surface area contributed by atoms with Gasteiger partial charge in [0.25, 0.3) is 0 Å². The van der Waals surface area contributed by atoms with Gasteiger partial charge in [-0.05, 0) is 56.7 Å². The monoisotopic (exact) mass is 320 g/mol. The number of carbonyl (C=O) groups excluding carboxylic acids is 1. The van der Waals surface area contributed by atoms with Crippen LogP contribution in [0.5, 0.6) is 5.75 Å². The van der Waals surface area contributed by atoms with Crippen LogP contribution >= 0.6 is 0 Å². The van der Waals surface area contributed by atoms with E-state index in [-0.39, 0.29) is 6.03 Å². The number of aliphatic hydroxyl groups excluding tert-OH is 1. The normalized spacial score (nSPS) is 16.6. The molecule has 0 saturated heterocycles. The number of rotatable bonds is 7. The first-order valence-corrected chi connectivity index (χ1v) is 8.59. The van der Waals surface area contributed by atoms with E-state index < -0.39 is 6.10 Å². The molecule has 0 spiro atoms. The zero-order chi connectivity index (χ0) is 16.5. The Kier molecular flexibility index (Phi) is 7.20. The van der Waals surface area contributed by atoms with E-state index in [2.05, 4.69) is 10.6 Å². The summed E-state index contributed by atoms with van der Waals surface area (Å²) < 4.78 is 6.04. The highest BCUT2D eigenvalue weighted by molar-refractivity contribution is 5.73. The molecule has 1 saturated carbocycles. The zero-order valence-electron chi connectivity index (χ0n) is 13.9. The van der Waals surface area contributed by atoms with Crippen molar-refractivity contribution in [2.45, 2.75) is 64.2 Å². The summed E-state index contributed by atoms with van der Waals surface area (Å²) >= 11 is 0. The van der Waals surface area contributed by atoms with Crippen LogP contribution in [0.3, 0.4) is 0 Å². The lowest BCUT2D eigenvalue weighted by Crippen LogP contribution is -2.36. The van der Waals surface area contributed by atoms with Crippen molar-refractivity contribution in [1.29, 1.82) is 0 Å². The van der Waals surface area contributed by atoms with Gasteiger partial charge in [0.1, 0.15) is 5.75 Å². The lowest BCUT2D eigenvalue weighted by Gasteiger charge is -2.23. The van der Waals surface area contributed by atoms with Crippen molar-refractivity contribution in [1.82, 2.24) is 10.6 Å². The number of urea groups is 1. The fourth-order valence-corrected chi connectivity index (χ4v) is 2.74. The zero-order valence-corrected chi connectivity index (χ0v) is 13.9. The minimum Gasteiger partial charge on any atom is -0.490 e. The van der Waals surface area contributed by atoms with E-state index in [4.69, 9.17) is 9.84 Å². The number of hydrogen-bond acceptors (Lipinski definition) is 3. The minimum absolute atomic E-state index is 0.218. The van der Waals surface area contributed by atoms with Gasteiger partial charge < -0.3 is 20.5 Å². The predicted molar refractivity (Wildman–Crippen MR) is 90.5 cm³/mol. The predicted octanol–water partition coefficient (Wildman–Crippen LogP) is 2.97. The molecule has 1 aliphatic carbocycles. The molecule has 0 aliphatic heterocycles. The smallest absolute Gasteiger partial charge is 0.315 e. The first-order valence-electron chi connectivity index (χ1n) is 8.59. The van der Waals surface area contributed by atoms with Crippen molar-refractivity contribution in [2.24, 2.45) is 0 Å². The molecule has 3 N–H and O–H groups in total. The first kappa shape index (κ1) is 17.6. The van der Waals surface area contributed by atoms with Crippen LogP contribution in [0.15, 0.2) is 24.3 Å². The van der Waals surface area contributed by atoms with Gasteiger partial charge in [0.2, 0.25) is 0 Å². The number of benzene rings is 1.